The predicted octanol–water partition coefficient (Wildman–Crippen LogP) is 5.02. The first-order valence-electron chi connectivity index (χ1n) is 4.94. The summed E-state index contributed by atoms with van der Waals surface area (Å²) < 4.78 is 13.1. The van der Waals surface area contributed by atoms with Crippen LogP contribution in [0.25, 0.3) is 0 Å². The molecule has 0 aliphatic rings. The molecule has 2 rings (SSSR count). The van der Waals surface area contributed by atoms with Gasteiger partial charge in [0.2, 0.25) is 0 Å². The van der Waals surface area contributed by atoms with Gasteiger partial charge < -0.3 is 0 Å². The molecule has 0 saturated heterocycles. The summed E-state index contributed by atoms with van der Waals surface area (Å²) >= 11 is 17.6. The molecule has 18 heavy (non-hydrogen) atoms. The lowest BCUT2D eigenvalue weighted by atomic mass is 10.0. The van der Waals surface area contributed by atoms with E-state index in [0.717, 1.165) is 6.07 Å². The molecular weight excluding hydrogens is 297 g/mol. The second kappa shape index (κ2) is 5.27. The largest absolute Gasteiger partial charge is 0.288 e. The van der Waals surface area contributed by atoms with E-state index >= 15 is 0 Å². The van der Waals surface area contributed by atoms with Gasteiger partial charge in [0.15, 0.2) is 5.78 Å². The van der Waals surface area contributed by atoms with Crippen LogP contribution in [0, 0.1) is 5.82 Å². The average molecular weight is 304 g/mol. The summed E-state index contributed by atoms with van der Waals surface area (Å²) in [4.78, 5) is 12.2. The Balaban J connectivity index is 2.53. The molecule has 0 amide bonds. The van der Waals surface area contributed by atoms with Gasteiger partial charge in [0.25, 0.3) is 0 Å². The van der Waals surface area contributed by atoms with Crippen molar-refractivity contribution in [2.75, 3.05) is 0 Å². The lowest BCUT2D eigenvalue weighted by molar-refractivity contribution is 0.103. The third-order valence-corrected chi connectivity index (χ3v) is 3.14. The molecule has 0 heterocycles. The van der Waals surface area contributed by atoms with Gasteiger partial charge in [-0.05, 0) is 24.3 Å². The third kappa shape index (κ3) is 2.66. The molecule has 0 radical (unpaired) electrons. The molecule has 92 valence electrons. The van der Waals surface area contributed by atoms with E-state index in [0.29, 0.717) is 5.02 Å². The Morgan fingerprint density at radius 3 is 2.17 bits per heavy atom. The van der Waals surface area contributed by atoms with Crippen LogP contribution < -0.4 is 0 Å². The Hall–Kier alpha value is -1.09. The van der Waals surface area contributed by atoms with Gasteiger partial charge in [-0.15, -0.1) is 0 Å². The Morgan fingerprint density at radius 1 is 1.00 bits per heavy atom. The molecule has 0 aromatic heterocycles. The third-order valence-electron chi connectivity index (χ3n) is 2.32. The topological polar surface area (TPSA) is 17.1 Å². The van der Waals surface area contributed by atoms with Gasteiger partial charge in [0.05, 0.1) is 15.6 Å². The Kier molecular flexibility index (Phi) is 3.91. The Morgan fingerprint density at radius 2 is 1.61 bits per heavy atom. The number of ketones is 1. The van der Waals surface area contributed by atoms with Crippen LogP contribution in [-0.2, 0) is 0 Å². The summed E-state index contributed by atoms with van der Waals surface area (Å²) in [6.07, 6.45) is 0. The average Bonchev–Trinajstić information content (AvgIpc) is 2.27. The molecule has 2 aromatic rings. The highest BCUT2D eigenvalue weighted by molar-refractivity contribution is 6.43. The lowest BCUT2D eigenvalue weighted by Gasteiger charge is -2.07. The van der Waals surface area contributed by atoms with Crippen molar-refractivity contribution in [1.29, 1.82) is 0 Å². The van der Waals surface area contributed by atoms with Crippen LogP contribution in [0.1, 0.15) is 15.9 Å². The first-order chi connectivity index (χ1) is 8.49. The van der Waals surface area contributed by atoms with E-state index in [1.54, 1.807) is 0 Å². The van der Waals surface area contributed by atoms with Crippen LogP contribution in [-0.4, -0.2) is 5.78 Å². The minimum atomic E-state index is -0.498. The summed E-state index contributed by atoms with van der Waals surface area (Å²) in [5.74, 6) is -0.941. The van der Waals surface area contributed by atoms with Crippen molar-refractivity contribution in [3.63, 3.8) is 0 Å². The van der Waals surface area contributed by atoms with Crippen molar-refractivity contribution < 1.29 is 9.18 Å². The van der Waals surface area contributed by atoms with E-state index in [2.05, 4.69) is 0 Å². The monoisotopic (exact) mass is 302 g/mol. The number of hydrogen-bond acceptors (Lipinski definition) is 1. The zero-order chi connectivity index (χ0) is 13.3. The quantitative estimate of drug-likeness (QED) is 0.712. The van der Waals surface area contributed by atoms with Gasteiger partial charge in [-0.2, -0.15) is 0 Å². The van der Waals surface area contributed by atoms with E-state index in [9.17, 15) is 9.18 Å². The smallest absolute Gasteiger partial charge is 0.196 e. The highest BCUT2D eigenvalue weighted by Gasteiger charge is 2.17. The molecule has 0 atom stereocenters. The minimum Gasteiger partial charge on any atom is -0.288 e. The molecule has 0 saturated carbocycles. The molecule has 0 aliphatic heterocycles. The van der Waals surface area contributed by atoms with Gasteiger partial charge >= 0.3 is 0 Å². The zero-order valence-electron chi connectivity index (χ0n) is 8.88. The summed E-state index contributed by atoms with van der Waals surface area (Å²) in [6, 6.07) is 8.15. The molecule has 0 N–H and O–H groups in total. The standard InChI is InChI=1S/C13H6Cl3FO/c14-8-5-10(15)12(11(16)6-8)13(18)7-2-1-3-9(17)4-7/h1-6H. The number of halogens is 4. The van der Waals surface area contributed by atoms with Gasteiger partial charge in [-0.1, -0.05) is 46.9 Å². The fourth-order valence-corrected chi connectivity index (χ4v) is 2.52. The number of benzene rings is 2. The van der Waals surface area contributed by atoms with Crippen LogP contribution in [0.5, 0.6) is 0 Å². The molecule has 1 nitrogen and oxygen atoms in total. The Labute approximate surface area is 118 Å². The SMILES string of the molecule is O=C(c1cccc(F)c1)c1c(Cl)cc(Cl)cc1Cl. The van der Waals surface area contributed by atoms with Crippen molar-refractivity contribution in [2.24, 2.45) is 0 Å². The van der Waals surface area contributed by atoms with Crippen molar-refractivity contribution in [2.45, 2.75) is 0 Å². The predicted molar refractivity (Wildman–Crippen MR) is 71.3 cm³/mol. The molecule has 0 spiro atoms. The molecule has 0 bridgehead atoms. The maximum absolute atomic E-state index is 13.1. The lowest BCUT2D eigenvalue weighted by Crippen LogP contribution is -2.03. The van der Waals surface area contributed by atoms with E-state index in [4.69, 9.17) is 34.8 Å². The molecule has 0 fully saturated rings. The van der Waals surface area contributed by atoms with Crippen molar-refractivity contribution >= 4 is 40.6 Å². The van der Waals surface area contributed by atoms with E-state index in [1.807, 2.05) is 0 Å². The summed E-state index contributed by atoms with van der Waals surface area (Å²) in [6.45, 7) is 0. The molecular formula is C13H6Cl3FO. The minimum absolute atomic E-state index is 0.119. The highest BCUT2D eigenvalue weighted by Crippen LogP contribution is 2.30. The highest BCUT2D eigenvalue weighted by atomic mass is 35.5. The van der Waals surface area contributed by atoms with Crippen LogP contribution in [0.2, 0.25) is 15.1 Å². The van der Waals surface area contributed by atoms with Gasteiger partial charge in [0, 0.05) is 10.6 Å². The molecule has 2 aromatic carbocycles. The zero-order valence-corrected chi connectivity index (χ0v) is 11.2. The maximum atomic E-state index is 13.1. The van der Waals surface area contributed by atoms with Crippen molar-refractivity contribution in [3.8, 4) is 0 Å². The number of carbonyl (C=O) groups excluding carboxylic acids is 1. The van der Waals surface area contributed by atoms with E-state index < -0.39 is 11.6 Å². The van der Waals surface area contributed by atoms with Gasteiger partial charge in [-0.3, -0.25) is 4.79 Å². The molecule has 0 aliphatic carbocycles. The Bertz CT molecular complexity index is 602. The second-order valence-corrected chi connectivity index (χ2v) is 4.83. The fraction of sp³-hybridized carbons (Fsp3) is 0. The summed E-state index contributed by atoms with van der Waals surface area (Å²) in [5, 5.41) is 0.615. The summed E-state index contributed by atoms with van der Waals surface area (Å²) in [5.41, 5.74) is 0.300. The molecule has 5 heteroatoms. The van der Waals surface area contributed by atoms with Crippen molar-refractivity contribution in [3.05, 3.63) is 68.4 Å². The first kappa shape index (κ1) is 13.3. The maximum Gasteiger partial charge on any atom is 0.196 e. The van der Waals surface area contributed by atoms with Crippen molar-refractivity contribution in [1.82, 2.24) is 0 Å². The normalized spacial score (nSPS) is 10.4. The number of hydrogen-bond donors (Lipinski definition) is 0. The van der Waals surface area contributed by atoms with Crippen LogP contribution in [0.15, 0.2) is 36.4 Å². The van der Waals surface area contributed by atoms with Gasteiger partial charge in [0.1, 0.15) is 5.82 Å². The van der Waals surface area contributed by atoms with Crippen LogP contribution >= 0.6 is 34.8 Å². The van der Waals surface area contributed by atoms with E-state index in [-0.39, 0.29) is 21.2 Å². The van der Waals surface area contributed by atoms with E-state index in [1.165, 1.54) is 30.3 Å². The number of rotatable bonds is 2. The second-order valence-electron chi connectivity index (χ2n) is 3.58. The van der Waals surface area contributed by atoms with Crippen LogP contribution in [0.4, 0.5) is 4.39 Å². The number of carbonyl (C=O) groups is 1. The van der Waals surface area contributed by atoms with Crippen LogP contribution in [0.3, 0.4) is 0 Å². The summed E-state index contributed by atoms with van der Waals surface area (Å²) in [7, 11) is 0. The fourth-order valence-electron chi connectivity index (χ4n) is 1.53. The van der Waals surface area contributed by atoms with Gasteiger partial charge in [-0.25, -0.2) is 4.39 Å². The molecule has 0 unspecified atom stereocenters. The first-order valence-corrected chi connectivity index (χ1v) is 6.07.